The van der Waals surface area contributed by atoms with E-state index in [1.165, 1.54) is 32.1 Å². The number of aromatic nitrogens is 2. The third-order valence-electron chi connectivity index (χ3n) is 4.13. The van der Waals surface area contributed by atoms with Gasteiger partial charge in [0.1, 0.15) is 5.60 Å². The minimum atomic E-state index is -0.719. The fraction of sp³-hybridized carbons (Fsp3) is 0.750. The zero-order valence-corrected chi connectivity index (χ0v) is 12.9. The Morgan fingerprint density at radius 2 is 2.10 bits per heavy atom. The number of carbonyl (C=O) groups excluding carboxylic acids is 1. The minimum Gasteiger partial charge on any atom is -0.368 e. The minimum absolute atomic E-state index is 0.0910. The summed E-state index contributed by atoms with van der Waals surface area (Å²) in [7, 11) is 0. The summed E-state index contributed by atoms with van der Waals surface area (Å²) in [6.45, 7) is 6.12. The molecule has 1 aromatic heterocycles. The van der Waals surface area contributed by atoms with Gasteiger partial charge in [-0.05, 0) is 39.7 Å². The molecule has 20 heavy (non-hydrogen) atoms. The highest BCUT2D eigenvalue weighted by Gasteiger charge is 2.28. The van der Waals surface area contributed by atoms with E-state index in [9.17, 15) is 4.79 Å². The summed E-state index contributed by atoms with van der Waals surface area (Å²) in [4.78, 5) is 12.2. The predicted molar refractivity (Wildman–Crippen MR) is 78.8 cm³/mol. The summed E-state index contributed by atoms with van der Waals surface area (Å²) >= 11 is 0. The van der Waals surface area contributed by atoms with E-state index in [1.54, 1.807) is 0 Å². The van der Waals surface area contributed by atoms with Gasteiger partial charge in [-0.2, -0.15) is 5.10 Å². The number of ether oxygens (including phenoxy) is 1. The fourth-order valence-electron chi connectivity index (χ4n) is 2.84. The van der Waals surface area contributed by atoms with Crippen molar-refractivity contribution in [3.8, 4) is 0 Å². The van der Waals surface area contributed by atoms with Crippen molar-refractivity contribution in [3.63, 3.8) is 0 Å². The number of ketones is 1. The zero-order valence-electron chi connectivity index (χ0n) is 12.9. The summed E-state index contributed by atoms with van der Waals surface area (Å²) in [5.41, 5.74) is 0.136. The molecule has 1 fully saturated rings. The van der Waals surface area contributed by atoms with Gasteiger partial charge in [0.15, 0.2) is 5.78 Å². The first kappa shape index (κ1) is 15.2. The SMILES string of the molecule is CCOC(C)(C)C(=O)Cc1ccn(C2CCCCC2)n1. The molecule has 0 N–H and O–H groups in total. The third kappa shape index (κ3) is 3.69. The van der Waals surface area contributed by atoms with Crippen LogP contribution in [0.15, 0.2) is 12.3 Å². The van der Waals surface area contributed by atoms with Crippen LogP contribution in [-0.4, -0.2) is 27.8 Å². The molecule has 4 nitrogen and oxygen atoms in total. The van der Waals surface area contributed by atoms with Gasteiger partial charge in [0.2, 0.25) is 0 Å². The van der Waals surface area contributed by atoms with Gasteiger partial charge in [0.25, 0.3) is 0 Å². The van der Waals surface area contributed by atoms with Crippen molar-refractivity contribution in [1.29, 1.82) is 0 Å². The Bertz CT molecular complexity index is 445. The van der Waals surface area contributed by atoms with Gasteiger partial charge in [0, 0.05) is 12.8 Å². The number of hydrogen-bond donors (Lipinski definition) is 0. The molecule has 1 aliphatic rings. The lowest BCUT2D eigenvalue weighted by molar-refractivity contribution is -0.139. The van der Waals surface area contributed by atoms with E-state index < -0.39 is 5.60 Å². The van der Waals surface area contributed by atoms with Crippen LogP contribution in [0.1, 0.15) is 64.6 Å². The Hall–Kier alpha value is -1.16. The molecule has 2 rings (SSSR count). The lowest BCUT2D eigenvalue weighted by atomic mass is 9.96. The average Bonchev–Trinajstić information content (AvgIpc) is 2.88. The van der Waals surface area contributed by atoms with Crippen molar-refractivity contribution in [3.05, 3.63) is 18.0 Å². The smallest absolute Gasteiger partial charge is 0.170 e. The van der Waals surface area contributed by atoms with Gasteiger partial charge < -0.3 is 4.74 Å². The Kier molecular flexibility index (Phi) is 4.97. The molecule has 0 bridgehead atoms. The van der Waals surface area contributed by atoms with Crippen LogP contribution >= 0.6 is 0 Å². The van der Waals surface area contributed by atoms with Crippen molar-refractivity contribution in [2.75, 3.05) is 6.61 Å². The van der Waals surface area contributed by atoms with Crippen molar-refractivity contribution in [2.24, 2.45) is 0 Å². The molecule has 1 heterocycles. The second kappa shape index (κ2) is 6.53. The molecule has 112 valence electrons. The van der Waals surface area contributed by atoms with Crippen LogP contribution in [-0.2, 0) is 16.0 Å². The van der Waals surface area contributed by atoms with Crippen molar-refractivity contribution in [2.45, 2.75) is 70.9 Å². The van der Waals surface area contributed by atoms with E-state index in [0.717, 1.165) is 5.69 Å². The summed E-state index contributed by atoms with van der Waals surface area (Å²) in [5.74, 6) is 0.0910. The van der Waals surface area contributed by atoms with Crippen LogP contribution in [0.3, 0.4) is 0 Å². The molecule has 0 radical (unpaired) electrons. The molecule has 0 aromatic carbocycles. The molecular weight excluding hydrogens is 252 g/mol. The fourth-order valence-corrected chi connectivity index (χ4v) is 2.84. The maximum Gasteiger partial charge on any atom is 0.170 e. The van der Waals surface area contributed by atoms with Gasteiger partial charge >= 0.3 is 0 Å². The quantitative estimate of drug-likeness (QED) is 0.802. The molecule has 0 aliphatic heterocycles. The molecule has 0 saturated heterocycles. The van der Waals surface area contributed by atoms with Crippen molar-refractivity contribution >= 4 is 5.78 Å². The molecule has 1 aliphatic carbocycles. The first-order valence-corrected chi connectivity index (χ1v) is 7.74. The highest BCUT2D eigenvalue weighted by molar-refractivity contribution is 5.88. The largest absolute Gasteiger partial charge is 0.368 e. The van der Waals surface area contributed by atoms with Gasteiger partial charge in [-0.15, -0.1) is 0 Å². The van der Waals surface area contributed by atoms with E-state index in [-0.39, 0.29) is 5.78 Å². The molecule has 4 heteroatoms. The van der Waals surface area contributed by atoms with Crippen molar-refractivity contribution < 1.29 is 9.53 Å². The number of hydrogen-bond acceptors (Lipinski definition) is 3. The number of Topliss-reactive ketones (excluding diaryl/α,β-unsaturated/α-hetero) is 1. The van der Waals surface area contributed by atoms with Gasteiger partial charge in [0.05, 0.1) is 18.2 Å². The number of carbonyl (C=O) groups is 1. The van der Waals surface area contributed by atoms with E-state index in [2.05, 4.69) is 9.78 Å². The normalized spacial score (nSPS) is 17.4. The Morgan fingerprint density at radius 1 is 1.40 bits per heavy atom. The summed E-state index contributed by atoms with van der Waals surface area (Å²) < 4.78 is 7.55. The topological polar surface area (TPSA) is 44.1 Å². The van der Waals surface area contributed by atoms with Crippen LogP contribution < -0.4 is 0 Å². The molecule has 0 spiro atoms. The molecule has 1 saturated carbocycles. The maximum atomic E-state index is 12.2. The van der Waals surface area contributed by atoms with Gasteiger partial charge in [-0.3, -0.25) is 9.48 Å². The Balaban J connectivity index is 1.97. The molecule has 1 aromatic rings. The maximum absolute atomic E-state index is 12.2. The van der Waals surface area contributed by atoms with E-state index >= 15 is 0 Å². The monoisotopic (exact) mass is 278 g/mol. The first-order chi connectivity index (χ1) is 9.53. The highest BCUT2D eigenvalue weighted by atomic mass is 16.5. The average molecular weight is 278 g/mol. The summed E-state index contributed by atoms with van der Waals surface area (Å²) in [6.07, 6.45) is 8.70. The van der Waals surface area contributed by atoms with Gasteiger partial charge in [-0.25, -0.2) is 0 Å². The molecular formula is C16H26N2O2. The van der Waals surface area contributed by atoms with Crippen LogP contribution in [0, 0.1) is 0 Å². The highest BCUT2D eigenvalue weighted by Crippen LogP contribution is 2.27. The first-order valence-electron chi connectivity index (χ1n) is 7.74. The van der Waals surface area contributed by atoms with Crippen LogP contribution in [0.4, 0.5) is 0 Å². The molecule has 0 amide bonds. The zero-order chi connectivity index (χ0) is 14.6. The van der Waals surface area contributed by atoms with E-state index in [4.69, 9.17) is 4.74 Å². The van der Waals surface area contributed by atoms with E-state index in [1.807, 2.05) is 33.0 Å². The van der Waals surface area contributed by atoms with Gasteiger partial charge in [-0.1, -0.05) is 19.3 Å². The second-order valence-corrected chi connectivity index (χ2v) is 6.12. The molecule has 0 atom stereocenters. The summed E-state index contributed by atoms with van der Waals surface area (Å²) in [5, 5.41) is 4.59. The van der Waals surface area contributed by atoms with Crippen LogP contribution in [0.5, 0.6) is 0 Å². The Morgan fingerprint density at radius 3 is 2.75 bits per heavy atom. The van der Waals surface area contributed by atoms with Crippen LogP contribution in [0.2, 0.25) is 0 Å². The molecule has 0 unspecified atom stereocenters. The number of nitrogens with zero attached hydrogens (tertiary/aromatic N) is 2. The van der Waals surface area contributed by atoms with Crippen LogP contribution in [0.25, 0.3) is 0 Å². The van der Waals surface area contributed by atoms with Crippen molar-refractivity contribution in [1.82, 2.24) is 9.78 Å². The standard InChI is InChI=1S/C16H26N2O2/c1-4-20-16(2,3)15(19)12-13-10-11-18(17-13)14-8-6-5-7-9-14/h10-11,14H,4-9,12H2,1-3H3. The predicted octanol–water partition coefficient (Wildman–Crippen LogP) is 3.32. The lowest BCUT2D eigenvalue weighted by Crippen LogP contribution is -2.36. The third-order valence-corrected chi connectivity index (χ3v) is 4.13. The Labute approximate surface area is 121 Å². The second-order valence-electron chi connectivity index (χ2n) is 6.12. The summed E-state index contributed by atoms with van der Waals surface area (Å²) in [6, 6.07) is 2.49. The number of rotatable bonds is 6. The van der Waals surface area contributed by atoms with E-state index in [0.29, 0.717) is 19.1 Å². The lowest BCUT2D eigenvalue weighted by Gasteiger charge is -2.23.